The molecule has 0 bridgehead atoms. The Hall–Kier alpha value is -1.83. The lowest BCUT2D eigenvalue weighted by atomic mass is 10.1. The smallest absolute Gasteiger partial charge is 0.202 e. The molecule has 76 valence electrons. The van der Waals surface area contributed by atoms with Gasteiger partial charge in [-0.05, 0) is 24.6 Å². The van der Waals surface area contributed by atoms with Gasteiger partial charge in [0.2, 0.25) is 5.78 Å². The van der Waals surface area contributed by atoms with Gasteiger partial charge in [0.05, 0.1) is 6.26 Å². The van der Waals surface area contributed by atoms with E-state index in [1.165, 1.54) is 11.8 Å². The van der Waals surface area contributed by atoms with Crippen LogP contribution in [0, 0.1) is 6.92 Å². The molecule has 0 N–H and O–H groups in total. The summed E-state index contributed by atoms with van der Waals surface area (Å²) < 4.78 is 5.05. The van der Waals surface area contributed by atoms with Gasteiger partial charge in [0.25, 0.3) is 0 Å². The minimum atomic E-state index is 0.0191. The Morgan fingerprint density at radius 1 is 1.27 bits per heavy atom. The summed E-state index contributed by atoms with van der Waals surface area (Å²) in [5, 5.41) is 0. The largest absolute Gasteiger partial charge is 0.461 e. The fourth-order valence-electron chi connectivity index (χ4n) is 1.53. The second-order valence-corrected chi connectivity index (χ2v) is 3.57. The summed E-state index contributed by atoms with van der Waals surface area (Å²) >= 11 is 0. The van der Waals surface area contributed by atoms with E-state index in [0.717, 1.165) is 5.56 Å². The molecular weight excluding hydrogens is 188 g/mol. The summed E-state index contributed by atoms with van der Waals surface area (Å²) in [6.07, 6.45) is 1.92. The van der Waals surface area contributed by atoms with Crippen molar-refractivity contribution in [1.82, 2.24) is 0 Å². The van der Waals surface area contributed by atoms with E-state index in [1.807, 2.05) is 31.2 Å². The Labute approximate surface area is 88.5 Å². The predicted octanol–water partition coefficient (Wildman–Crippen LogP) is 3.01. The number of aryl methyl sites for hydroxylation is 1. The van der Waals surface area contributed by atoms with Gasteiger partial charge in [-0.3, -0.25) is 4.79 Å². The Kier molecular flexibility index (Phi) is 2.68. The average Bonchev–Trinajstić information content (AvgIpc) is 2.70. The number of carbonyl (C=O) groups is 1. The third kappa shape index (κ3) is 2.34. The standard InChI is InChI=1S/C13H12O2/c1-10-4-2-5-11(8-10)9-12(14)13-6-3-7-15-13/h2-8H,9H2,1H3. The first kappa shape index (κ1) is 9.71. The van der Waals surface area contributed by atoms with Crippen LogP contribution in [0.5, 0.6) is 0 Å². The minimum Gasteiger partial charge on any atom is -0.461 e. The fraction of sp³-hybridized carbons (Fsp3) is 0.154. The van der Waals surface area contributed by atoms with Crippen molar-refractivity contribution in [3.63, 3.8) is 0 Å². The zero-order valence-electron chi connectivity index (χ0n) is 8.57. The van der Waals surface area contributed by atoms with Crippen LogP contribution in [-0.2, 0) is 6.42 Å². The van der Waals surface area contributed by atoms with E-state index in [-0.39, 0.29) is 5.78 Å². The van der Waals surface area contributed by atoms with Gasteiger partial charge in [0.1, 0.15) is 0 Å². The molecule has 0 fully saturated rings. The van der Waals surface area contributed by atoms with E-state index >= 15 is 0 Å². The Balaban J connectivity index is 2.13. The molecule has 2 rings (SSSR count). The number of hydrogen-bond acceptors (Lipinski definition) is 2. The number of benzene rings is 1. The van der Waals surface area contributed by atoms with E-state index in [2.05, 4.69) is 0 Å². The molecule has 1 aromatic heterocycles. The molecule has 0 saturated heterocycles. The second-order valence-electron chi connectivity index (χ2n) is 3.57. The van der Waals surface area contributed by atoms with Crippen molar-refractivity contribution < 1.29 is 9.21 Å². The Bertz CT molecular complexity index is 455. The molecule has 0 aliphatic rings. The Morgan fingerprint density at radius 3 is 2.80 bits per heavy atom. The highest BCUT2D eigenvalue weighted by molar-refractivity contribution is 5.94. The lowest BCUT2D eigenvalue weighted by Gasteiger charge is -1.99. The van der Waals surface area contributed by atoms with Crippen molar-refractivity contribution in [3.05, 3.63) is 59.5 Å². The first-order valence-corrected chi connectivity index (χ1v) is 4.88. The van der Waals surface area contributed by atoms with Crippen molar-refractivity contribution >= 4 is 5.78 Å². The zero-order chi connectivity index (χ0) is 10.7. The molecule has 0 atom stereocenters. The van der Waals surface area contributed by atoms with Crippen LogP contribution in [-0.4, -0.2) is 5.78 Å². The van der Waals surface area contributed by atoms with Crippen LogP contribution in [0.25, 0.3) is 0 Å². The van der Waals surface area contributed by atoms with E-state index < -0.39 is 0 Å². The van der Waals surface area contributed by atoms with Gasteiger partial charge in [-0.15, -0.1) is 0 Å². The Morgan fingerprint density at radius 2 is 2.13 bits per heavy atom. The zero-order valence-corrected chi connectivity index (χ0v) is 8.57. The molecule has 2 aromatic rings. The third-order valence-electron chi connectivity index (χ3n) is 2.24. The van der Waals surface area contributed by atoms with Crippen molar-refractivity contribution in [3.8, 4) is 0 Å². The molecule has 0 aliphatic carbocycles. The highest BCUT2D eigenvalue weighted by atomic mass is 16.3. The van der Waals surface area contributed by atoms with Gasteiger partial charge in [-0.2, -0.15) is 0 Å². The van der Waals surface area contributed by atoms with Crippen LogP contribution in [0.2, 0.25) is 0 Å². The summed E-state index contributed by atoms with van der Waals surface area (Å²) in [4.78, 5) is 11.7. The lowest BCUT2D eigenvalue weighted by molar-refractivity contribution is 0.0966. The molecule has 0 saturated carbocycles. The van der Waals surface area contributed by atoms with Crippen LogP contribution in [0.4, 0.5) is 0 Å². The van der Waals surface area contributed by atoms with E-state index in [9.17, 15) is 4.79 Å². The summed E-state index contributed by atoms with van der Waals surface area (Å²) in [6, 6.07) is 11.4. The monoisotopic (exact) mass is 200 g/mol. The van der Waals surface area contributed by atoms with E-state index in [1.54, 1.807) is 12.1 Å². The van der Waals surface area contributed by atoms with Crippen LogP contribution < -0.4 is 0 Å². The van der Waals surface area contributed by atoms with Crippen LogP contribution in [0.15, 0.2) is 47.1 Å². The van der Waals surface area contributed by atoms with E-state index in [0.29, 0.717) is 12.2 Å². The van der Waals surface area contributed by atoms with Gasteiger partial charge in [-0.25, -0.2) is 0 Å². The normalized spacial score (nSPS) is 10.2. The number of Topliss-reactive ketones (excluding diaryl/α,β-unsaturated/α-hetero) is 1. The van der Waals surface area contributed by atoms with Crippen molar-refractivity contribution in [2.24, 2.45) is 0 Å². The first-order chi connectivity index (χ1) is 7.25. The van der Waals surface area contributed by atoms with Crippen molar-refractivity contribution in [2.75, 3.05) is 0 Å². The number of ketones is 1. The molecule has 0 amide bonds. The number of carbonyl (C=O) groups excluding carboxylic acids is 1. The molecule has 1 aromatic carbocycles. The molecular formula is C13H12O2. The van der Waals surface area contributed by atoms with Gasteiger partial charge >= 0.3 is 0 Å². The second kappa shape index (κ2) is 4.13. The number of furan rings is 1. The van der Waals surface area contributed by atoms with Crippen LogP contribution in [0.3, 0.4) is 0 Å². The molecule has 15 heavy (non-hydrogen) atoms. The molecule has 1 heterocycles. The van der Waals surface area contributed by atoms with Crippen molar-refractivity contribution in [2.45, 2.75) is 13.3 Å². The SMILES string of the molecule is Cc1cccc(CC(=O)c2ccco2)c1. The number of rotatable bonds is 3. The molecule has 0 aliphatic heterocycles. The molecule has 2 nitrogen and oxygen atoms in total. The maximum atomic E-state index is 11.7. The van der Waals surface area contributed by atoms with Crippen LogP contribution in [0.1, 0.15) is 21.7 Å². The van der Waals surface area contributed by atoms with Gasteiger partial charge in [-0.1, -0.05) is 29.8 Å². The molecule has 0 radical (unpaired) electrons. The van der Waals surface area contributed by atoms with Gasteiger partial charge < -0.3 is 4.42 Å². The van der Waals surface area contributed by atoms with Crippen molar-refractivity contribution in [1.29, 1.82) is 0 Å². The maximum Gasteiger partial charge on any atom is 0.202 e. The van der Waals surface area contributed by atoms with E-state index in [4.69, 9.17) is 4.42 Å². The quantitative estimate of drug-likeness (QED) is 0.713. The van der Waals surface area contributed by atoms with Gasteiger partial charge in [0, 0.05) is 6.42 Å². The topological polar surface area (TPSA) is 30.2 Å². The first-order valence-electron chi connectivity index (χ1n) is 4.88. The van der Waals surface area contributed by atoms with Gasteiger partial charge in [0.15, 0.2) is 5.76 Å². The third-order valence-corrected chi connectivity index (χ3v) is 2.24. The van der Waals surface area contributed by atoms with Crippen LogP contribution >= 0.6 is 0 Å². The minimum absolute atomic E-state index is 0.0191. The number of hydrogen-bond donors (Lipinski definition) is 0. The predicted molar refractivity (Wildman–Crippen MR) is 57.9 cm³/mol. The summed E-state index contributed by atoms with van der Waals surface area (Å²) in [7, 11) is 0. The molecule has 0 unspecified atom stereocenters. The molecule has 2 heteroatoms. The lowest BCUT2D eigenvalue weighted by Crippen LogP contribution is -2.01. The summed E-state index contributed by atoms with van der Waals surface area (Å²) in [5.41, 5.74) is 2.19. The molecule has 0 spiro atoms. The highest BCUT2D eigenvalue weighted by Gasteiger charge is 2.09. The fourth-order valence-corrected chi connectivity index (χ4v) is 1.53. The highest BCUT2D eigenvalue weighted by Crippen LogP contribution is 2.09. The summed E-state index contributed by atoms with van der Waals surface area (Å²) in [5.74, 6) is 0.446. The average molecular weight is 200 g/mol. The maximum absolute atomic E-state index is 11.7. The summed E-state index contributed by atoms with van der Waals surface area (Å²) in [6.45, 7) is 2.01.